The molecule has 1 N–H and O–H groups in total. The number of aromatic nitrogens is 2. The van der Waals surface area contributed by atoms with Crippen LogP contribution in [0.4, 0.5) is 0 Å². The summed E-state index contributed by atoms with van der Waals surface area (Å²) in [6, 6.07) is 17.3. The van der Waals surface area contributed by atoms with Gasteiger partial charge >= 0.3 is 0 Å². The number of benzene rings is 2. The predicted molar refractivity (Wildman–Crippen MR) is 136 cm³/mol. The van der Waals surface area contributed by atoms with E-state index in [2.05, 4.69) is 11.5 Å². The summed E-state index contributed by atoms with van der Waals surface area (Å²) in [7, 11) is 3.30. The van der Waals surface area contributed by atoms with Gasteiger partial charge in [0.1, 0.15) is 11.5 Å². The fourth-order valence-electron chi connectivity index (χ4n) is 3.64. The predicted octanol–water partition coefficient (Wildman–Crippen LogP) is 3.99. The van der Waals surface area contributed by atoms with Crippen LogP contribution in [0.15, 0.2) is 67.3 Å². The van der Waals surface area contributed by atoms with Crippen molar-refractivity contribution in [2.24, 2.45) is 0 Å². The Morgan fingerprint density at radius 3 is 2.46 bits per heavy atom. The van der Waals surface area contributed by atoms with Gasteiger partial charge in [0.05, 0.1) is 50.0 Å². The topological polar surface area (TPSA) is 78.2 Å². The SMILES string of the molecule is C=CCOCC(O)CN(CCOC)Cc1c(C)nn(-c2ccccc2)c1Oc1ccc(OC)cc1. The molecule has 0 aliphatic carbocycles. The van der Waals surface area contributed by atoms with Gasteiger partial charge in [0.25, 0.3) is 0 Å². The van der Waals surface area contributed by atoms with Crippen LogP contribution in [0.1, 0.15) is 11.3 Å². The summed E-state index contributed by atoms with van der Waals surface area (Å²) in [6.45, 7) is 8.33. The third-order valence-corrected chi connectivity index (χ3v) is 5.42. The van der Waals surface area contributed by atoms with Gasteiger partial charge in [0, 0.05) is 26.7 Å². The van der Waals surface area contributed by atoms with E-state index in [0.717, 1.165) is 22.7 Å². The van der Waals surface area contributed by atoms with E-state index in [0.29, 0.717) is 44.5 Å². The number of aliphatic hydroxyl groups excluding tert-OH is 1. The lowest BCUT2D eigenvalue weighted by molar-refractivity contribution is 0.0192. The summed E-state index contributed by atoms with van der Waals surface area (Å²) in [5, 5.41) is 15.3. The van der Waals surface area contributed by atoms with Crippen LogP contribution < -0.4 is 9.47 Å². The Morgan fingerprint density at radius 1 is 1.09 bits per heavy atom. The minimum atomic E-state index is -0.651. The van der Waals surface area contributed by atoms with Crippen molar-refractivity contribution in [2.75, 3.05) is 47.1 Å². The molecule has 1 heterocycles. The van der Waals surface area contributed by atoms with Crippen LogP contribution in [0.25, 0.3) is 5.69 Å². The van der Waals surface area contributed by atoms with Crippen molar-refractivity contribution >= 4 is 0 Å². The number of rotatable bonds is 15. The second kappa shape index (κ2) is 13.7. The molecule has 2 aromatic carbocycles. The zero-order valence-electron chi connectivity index (χ0n) is 20.7. The Bertz CT molecular complexity index is 1040. The normalized spacial score (nSPS) is 12.0. The van der Waals surface area contributed by atoms with Crippen molar-refractivity contribution < 1.29 is 24.1 Å². The van der Waals surface area contributed by atoms with Gasteiger partial charge in [-0.15, -0.1) is 6.58 Å². The second-order valence-corrected chi connectivity index (χ2v) is 8.10. The van der Waals surface area contributed by atoms with Crippen molar-refractivity contribution in [3.05, 3.63) is 78.5 Å². The van der Waals surface area contributed by atoms with Gasteiger partial charge in [-0.1, -0.05) is 24.3 Å². The number of aliphatic hydroxyl groups is 1. The second-order valence-electron chi connectivity index (χ2n) is 8.10. The fraction of sp³-hybridized carbons (Fsp3) is 0.370. The van der Waals surface area contributed by atoms with Crippen LogP contribution in [0.5, 0.6) is 17.4 Å². The van der Waals surface area contributed by atoms with Crippen LogP contribution >= 0.6 is 0 Å². The molecule has 188 valence electrons. The molecule has 8 nitrogen and oxygen atoms in total. The van der Waals surface area contributed by atoms with Gasteiger partial charge in [0.2, 0.25) is 5.88 Å². The lowest BCUT2D eigenvalue weighted by Gasteiger charge is -2.25. The highest BCUT2D eigenvalue weighted by Crippen LogP contribution is 2.32. The first-order valence-electron chi connectivity index (χ1n) is 11.6. The van der Waals surface area contributed by atoms with E-state index < -0.39 is 6.10 Å². The molecule has 0 radical (unpaired) electrons. The summed E-state index contributed by atoms with van der Waals surface area (Å²) >= 11 is 0. The number of hydrogen-bond acceptors (Lipinski definition) is 7. The zero-order valence-corrected chi connectivity index (χ0v) is 20.7. The van der Waals surface area contributed by atoms with E-state index in [-0.39, 0.29) is 6.61 Å². The minimum Gasteiger partial charge on any atom is -0.497 e. The Balaban J connectivity index is 1.91. The lowest BCUT2D eigenvalue weighted by atomic mass is 10.2. The molecule has 0 saturated carbocycles. The zero-order chi connectivity index (χ0) is 25.0. The van der Waals surface area contributed by atoms with Crippen LogP contribution in [0, 0.1) is 6.92 Å². The maximum atomic E-state index is 10.5. The van der Waals surface area contributed by atoms with Gasteiger partial charge in [0.15, 0.2) is 0 Å². The number of nitrogens with zero attached hydrogens (tertiary/aromatic N) is 3. The first-order chi connectivity index (χ1) is 17.0. The number of hydrogen-bond donors (Lipinski definition) is 1. The van der Waals surface area contributed by atoms with E-state index in [9.17, 15) is 5.11 Å². The molecule has 0 fully saturated rings. The average molecular weight is 482 g/mol. The lowest BCUT2D eigenvalue weighted by Crippen LogP contribution is -2.36. The highest BCUT2D eigenvalue weighted by molar-refractivity contribution is 5.44. The highest BCUT2D eigenvalue weighted by atomic mass is 16.5. The van der Waals surface area contributed by atoms with E-state index in [1.54, 1.807) is 20.3 Å². The molecule has 1 unspecified atom stereocenters. The highest BCUT2D eigenvalue weighted by Gasteiger charge is 2.22. The number of ether oxygens (including phenoxy) is 4. The Labute approximate surface area is 207 Å². The molecular weight excluding hydrogens is 446 g/mol. The summed E-state index contributed by atoms with van der Waals surface area (Å²) in [4.78, 5) is 2.12. The number of aryl methyl sites for hydroxylation is 1. The van der Waals surface area contributed by atoms with Crippen molar-refractivity contribution in [2.45, 2.75) is 19.6 Å². The van der Waals surface area contributed by atoms with Crippen LogP contribution in [-0.4, -0.2) is 73.0 Å². The Morgan fingerprint density at radius 2 is 1.80 bits per heavy atom. The molecular formula is C27H35N3O5. The summed E-state index contributed by atoms with van der Waals surface area (Å²) in [5.74, 6) is 2.05. The molecule has 1 atom stereocenters. The summed E-state index contributed by atoms with van der Waals surface area (Å²) in [6.07, 6.45) is 1.02. The van der Waals surface area contributed by atoms with Gasteiger partial charge in [-0.2, -0.15) is 5.10 Å². The summed E-state index contributed by atoms with van der Waals surface area (Å²) < 4.78 is 24.2. The third kappa shape index (κ3) is 7.66. The average Bonchev–Trinajstić information content (AvgIpc) is 3.18. The molecule has 0 amide bonds. The molecule has 0 saturated heterocycles. The molecule has 0 aliphatic rings. The van der Waals surface area contributed by atoms with Gasteiger partial charge in [-0.05, 0) is 43.3 Å². The molecule has 35 heavy (non-hydrogen) atoms. The Kier molecular flexibility index (Phi) is 10.3. The third-order valence-electron chi connectivity index (χ3n) is 5.42. The largest absolute Gasteiger partial charge is 0.497 e. The van der Waals surface area contributed by atoms with Gasteiger partial charge in [-0.3, -0.25) is 4.90 Å². The number of para-hydroxylation sites is 1. The quantitative estimate of drug-likeness (QED) is 0.260. The minimum absolute atomic E-state index is 0.229. The van der Waals surface area contributed by atoms with Gasteiger partial charge in [-0.25, -0.2) is 4.68 Å². The molecule has 8 heteroatoms. The van der Waals surface area contributed by atoms with Crippen molar-refractivity contribution in [3.8, 4) is 23.1 Å². The Hall–Kier alpha value is -3.17. The van der Waals surface area contributed by atoms with Crippen molar-refractivity contribution in [3.63, 3.8) is 0 Å². The van der Waals surface area contributed by atoms with E-state index in [1.165, 1.54) is 0 Å². The molecule has 3 aromatic rings. The van der Waals surface area contributed by atoms with E-state index in [1.807, 2.05) is 66.2 Å². The maximum Gasteiger partial charge on any atom is 0.227 e. The smallest absolute Gasteiger partial charge is 0.227 e. The summed E-state index contributed by atoms with van der Waals surface area (Å²) in [5.41, 5.74) is 2.67. The van der Waals surface area contributed by atoms with E-state index >= 15 is 0 Å². The van der Waals surface area contributed by atoms with Crippen LogP contribution in [-0.2, 0) is 16.0 Å². The van der Waals surface area contributed by atoms with Crippen molar-refractivity contribution in [1.29, 1.82) is 0 Å². The van der Waals surface area contributed by atoms with Gasteiger partial charge < -0.3 is 24.1 Å². The van der Waals surface area contributed by atoms with E-state index in [4.69, 9.17) is 24.0 Å². The molecule has 0 aliphatic heterocycles. The van der Waals surface area contributed by atoms with Crippen LogP contribution in [0.2, 0.25) is 0 Å². The molecule has 0 bridgehead atoms. The first kappa shape index (κ1) is 26.4. The molecule has 0 spiro atoms. The maximum absolute atomic E-state index is 10.5. The fourth-order valence-corrected chi connectivity index (χ4v) is 3.64. The molecule has 1 aromatic heterocycles. The van der Waals surface area contributed by atoms with Crippen molar-refractivity contribution in [1.82, 2.24) is 14.7 Å². The van der Waals surface area contributed by atoms with Crippen LogP contribution in [0.3, 0.4) is 0 Å². The number of methoxy groups -OCH3 is 2. The molecule has 3 rings (SSSR count). The monoisotopic (exact) mass is 481 g/mol. The first-order valence-corrected chi connectivity index (χ1v) is 11.6. The standard InChI is InChI=1S/C27H35N3O5/c1-5-16-34-20-23(31)18-29(15-17-32-3)19-26-21(2)28-30(22-9-7-6-8-10-22)27(26)35-25-13-11-24(33-4)12-14-25/h5-14,23,31H,1,15-20H2,2-4H3.